The van der Waals surface area contributed by atoms with E-state index >= 15 is 0 Å². The molecule has 9 nitrogen and oxygen atoms in total. The number of methoxy groups -OCH3 is 1. The molecule has 0 saturated carbocycles. The van der Waals surface area contributed by atoms with E-state index in [4.69, 9.17) is 9.72 Å². The molecule has 0 radical (unpaired) electrons. The molecule has 2 aromatic heterocycles. The summed E-state index contributed by atoms with van der Waals surface area (Å²) in [5.41, 5.74) is 2.02. The van der Waals surface area contributed by atoms with E-state index in [1.807, 2.05) is 4.90 Å². The third kappa shape index (κ3) is 7.57. The van der Waals surface area contributed by atoms with Gasteiger partial charge in [0.05, 0.1) is 6.10 Å². The molecule has 3 aromatic rings. The van der Waals surface area contributed by atoms with Gasteiger partial charge in [-0.2, -0.15) is 0 Å². The highest BCUT2D eigenvalue weighted by Gasteiger charge is 2.23. The summed E-state index contributed by atoms with van der Waals surface area (Å²) in [6.45, 7) is 1.55. The predicted molar refractivity (Wildman–Crippen MR) is 146 cm³/mol. The first-order valence-electron chi connectivity index (χ1n) is 13.5. The molecule has 3 heterocycles. The number of nitrogens with one attached hydrogen (secondary N) is 2. The second-order valence-electron chi connectivity index (χ2n) is 9.91. The number of hydrogen-bond donors (Lipinski definition) is 3. The Bertz CT molecular complexity index is 1290. The Balaban J connectivity index is 1.36. The zero-order chi connectivity index (χ0) is 28.5. The first-order chi connectivity index (χ1) is 19.4. The lowest BCUT2D eigenvalue weighted by Gasteiger charge is -2.27. The fourth-order valence-corrected chi connectivity index (χ4v) is 4.84. The van der Waals surface area contributed by atoms with E-state index < -0.39 is 36.4 Å². The lowest BCUT2D eigenvalue weighted by atomic mass is 10.1. The third-order valence-corrected chi connectivity index (χ3v) is 7.12. The molecule has 12 heteroatoms. The fraction of sp³-hybridized carbons (Fsp3) is 0.500. The largest absolute Gasteiger partial charge is 0.480 e. The fourth-order valence-electron chi connectivity index (χ4n) is 4.84. The number of rotatable bonds is 15. The molecular formula is C28H35F3N6O3. The molecule has 2 atom stereocenters. The topological polar surface area (TPSA) is 113 Å². The number of nitrogens with zero attached hydrogens (tertiary/aromatic N) is 4. The molecule has 3 N–H and O–H groups in total. The standard InChI is InChI=1S/C28H35F3N6O3/c1-40-20(15-29)16-37(13-3-2-6-19-8-7-18-5-4-12-32-26(18)35-19)14-11-23(28(38)39)36-27-21-9-10-22(30)24(31)25(21)33-17-34-27/h7-10,17,20,23H,2-6,11-16H2,1H3,(H,32,35)(H,38,39)(H,33,34,36)/t20-,23+/m1/s1. The molecule has 0 saturated heterocycles. The van der Waals surface area contributed by atoms with Crippen molar-refractivity contribution in [3.05, 3.63) is 53.5 Å². The quantitative estimate of drug-likeness (QED) is 0.235. The maximum atomic E-state index is 14.2. The second-order valence-corrected chi connectivity index (χ2v) is 9.91. The van der Waals surface area contributed by atoms with Crippen LogP contribution in [0.3, 0.4) is 0 Å². The number of anilines is 2. The predicted octanol–water partition coefficient (Wildman–Crippen LogP) is 4.23. The van der Waals surface area contributed by atoms with Crippen LogP contribution in [-0.4, -0.2) is 83.0 Å². The number of carbonyl (C=O) groups is 1. The molecule has 0 spiro atoms. The summed E-state index contributed by atoms with van der Waals surface area (Å²) in [6.07, 6.45) is 5.20. The van der Waals surface area contributed by atoms with E-state index in [9.17, 15) is 23.1 Å². The summed E-state index contributed by atoms with van der Waals surface area (Å²) in [4.78, 5) is 26.6. The van der Waals surface area contributed by atoms with Gasteiger partial charge in [0.2, 0.25) is 0 Å². The number of ether oxygens (including phenoxy) is 1. The van der Waals surface area contributed by atoms with Crippen molar-refractivity contribution >= 4 is 28.5 Å². The van der Waals surface area contributed by atoms with Gasteiger partial charge in [-0.25, -0.2) is 32.9 Å². The van der Waals surface area contributed by atoms with Crippen LogP contribution in [0, 0.1) is 11.6 Å². The molecule has 1 aromatic carbocycles. The highest BCUT2D eigenvalue weighted by atomic mass is 19.2. The lowest BCUT2D eigenvalue weighted by molar-refractivity contribution is -0.138. The Hall–Kier alpha value is -3.51. The molecule has 216 valence electrons. The van der Waals surface area contributed by atoms with Crippen LogP contribution < -0.4 is 10.6 Å². The minimum Gasteiger partial charge on any atom is -0.480 e. The van der Waals surface area contributed by atoms with Crippen molar-refractivity contribution in [2.75, 3.05) is 50.6 Å². The van der Waals surface area contributed by atoms with Crippen molar-refractivity contribution in [3.8, 4) is 0 Å². The van der Waals surface area contributed by atoms with Crippen molar-refractivity contribution in [2.45, 2.75) is 50.7 Å². The average Bonchev–Trinajstić information content (AvgIpc) is 2.97. The summed E-state index contributed by atoms with van der Waals surface area (Å²) in [5, 5.41) is 16.2. The Morgan fingerprint density at radius 2 is 2.05 bits per heavy atom. The first kappa shape index (κ1) is 29.5. The van der Waals surface area contributed by atoms with Gasteiger partial charge in [0.25, 0.3) is 0 Å². The Labute approximate surface area is 231 Å². The summed E-state index contributed by atoms with van der Waals surface area (Å²) in [5.74, 6) is -2.25. The van der Waals surface area contributed by atoms with Crippen LogP contribution in [0.15, 0.2) is 30.6 Å². The molecule has 0 aliphatic carbocycles. The molecule has 0 fully saturated rings. The van der Waals surface area contributed by atoms with Crippen molar-refractivity contribution in [2.24, 2.45) is 0 Å². The SMILES string of the molecule is CO[C@H](CF)CN(CCCCc1ccc2c(n1)NCCC2)CC[C@H](Nc1ncnc2c(F)c(F)ccc12)C(=O)O. The smallest absolute Gasteiger partial charge is 0.326 e. The van der Waals surface area contributed by atoms with Crippen molar-refractivity contribution in [1.82, 2.24) is 19.9 Å². The van der Waals surface area contributed by atoms with E-state index in [2.05, 4.69) is 32.7 Å². The van der Waals surface area contributed by atoms with Gasteiger partial charge in [0.15, 0.2) is 11.6 Å². The second kappa shape index (κ2) is 14.2. The van der Waals surface area contributed by atoms with E-state index in [0.29, 0.717) is 19.6 Å². The van der Waals surface area contributed by atoms with Gasteiger partial charge in [-0.15, -0.1) is 0 Å². The summed E-state index contributed by atoms with van der Waals surface area (Å²) in [6, 6.07) is 5.37. The molecule has 0 bridgehead atoms. The molecule has 1 aliphatic rings. The van der Waals surface area contributed by atoms with Gasteiger partial charge in [0, 0.05) is 37.8 Å². The summed E-state index contributed by atoms with van der Waals surface area (Å²) < 4.78 is 46.5. The maximum Gasteiger partial charge on any atom is 0.326 e. The Kier molecular flexibility index (Phi) is 10.5. The van der Waals surface area contributed by atoms with Gasteiger partial charge >= 0.3 is 5.97 Å². The van der Waals surface area contributed by atoms with Crippen molar-refractivity contribution < 1.29 is 27.8 Å². The van der Waals surface area contributed by atoms with Gasteiger partial charge < -0.3 is 25.4 Å². The number of fused-ring (bicyclic) bond motifs is 2. The monoisotopic (exact) mass is 560 g/mol. The van der Waals surface area contributed by atoms with E-state index in [1.54, 1.807) is 0 Å². The van der Waals surface area contributed by atoms with Crippen LogP contribution in [0.25, 0.3) is 10.9 Å². The third-order valence-electron chi connectivity index (χ3n) is 7.12. The van der Waals surface area contributed by atoms with E-state index in [-0.39, 0.29) is 23.1 Å². The van der Waals surface area contributed by atoms with Crippen LogP contribution in [0.4, 0.5) is 24.8 Å². The molecular weight excluding hydrogens is 525 g/mol. The first-order valence-corrected chi connectivity index (χ1v) is 13.5. The Morgan fingerprint density at radius 1 is 1.20 bits per heavy atom. The molecule has 4 rings (SSSR count). The number of aliphatic carboxylic acids is 1. The normalized spacial score (nSPS) is 14.5. The summed E-state index contributed by atoms with van der Waals surface area (Å²) >= 11 is 0. The molecule has 1 aliphatic heterocycles. The number of aryl methyl sites for hydroxylation is 2. The van der Waals surface area contributed by atoms with Crippen LogP contribution in [0.2, 0.25) is 0 Å². The number of benzene rings is 1. The summed E-state index contributed by atoms with van der Waals surface area (Å²) in [7, 11) is 1.45. The van der Waals surface area contributed by atoms with Gasteiger partial charge in [0.1, 0.15) is 36.2 Å². The highest BCUT2D eigenvalue weighted by molar-refractivity contribution is 5.91. The van der Waals surface area contributed by atoms with Gasteiger partial charge in [-0.3, -0.25) is 0 Å². The van der Waals surface area contributed by atoms with Gasteiger partial charge in [-0.1, -0.05) is 6.07 Å². The number of carboxylic acids is 1. The zero-order valence-corrected chi connectivity index (χ0v) is 22.5. The maximum absolute atomic E-state index is 14.2. The Morgan fingerprint density at radius 3 is 2.83 bits per heavy atom. The van der Waals surface area contributed by atoms with Gasteiger partial charge in [-0.05, 0) is 68.8 Å². The number of carboxylic acid groups (broad SMARTS) is 1. The number of pyridine rings is 1. The number of unbranched alkanes of at least 4 members (excludes halogenated alkanes) is 1. The van der Waals surface area contributed by atoms with Crippen LogP contribution in [0.1, 0.15) is 36.9 Å². The minimum absolute atomic E-state index is 0.0911. The minimum atomic E-state index is -1.13. The highest BCUT2D eigenvalue weighted by Crippen LogP contribution is 2.24. The van der Waals surface area contributed by atoms with Crippen LogP contribution in [-0.2, 0) is 22.4 Å². The number of hydrogen-bond acceptors (Lipinski definition) is 8. The zero-order valence-electron chi connectivity index (χ0n) is 22.5. The number of halogens is 3. The number of alkyl halides is 1. The van der Waals surface area contributed by atoms with Crippen LogP contribution >= 0.6 is 0 Å². The molecule has 0 amide bonds. The molecule has 40 heavy (non-hydrogen) atoms. The van der Waals surface area contributed by atoms with Crippen molar-refractivity contribution in [1.29, 1.82) is 0 Å². The van der Waals surface area contributed by atoms with E-state index in [0.717, 1.165) is 62.6 Å². The number of aromatic nitrogens is 3. The average molecular weight is 561 g/mol. The lowest BCUT2D eigenvalue weighted by Crippen LogP contribution is -2.39. The molecule has 0 unspecified atom stereocenters. The van der Waals surface area contributed by atoms with Crippen molar-refractivity contribution in [3.63, 3.8) is 0 Å². The van der Waals surface area contributed by atoms with Crippen LogP contribution in [0.5, 0.6) is 0 Å². The van der Waals surface area contributed by atoms with E-state index in [1.165, 1.54) is 18.7 Å².